The number of pyridine rings is 1. The van der Waals surface area contributed by atoms with Crippen LogP contribution >= 0.6 is 11.6 Å². The van der Waals surface area contributed by atoms with Crippen molar-refractivity contribution in [2.75, 3.05) is 35.7 Å². The van der Waals surface area contributed by atoms with Crippen molar-refractivity contribution in [1.29, 1.82) is 0 Å². The first-order chi connectivity index (χ1) is 16.0. The number of hydrogen-bond acceptors (Lipinski definition) is 6. The second-order valence-electron chi connectivity index (χ2n) is 7.79. The lowest BCUT2D eigenvalue weighted by molar-refractivity contribution is -0.120. The van der Waals surface area contributed by atoms with Crippen molar-refractivity contribution in [2.45, 2.75) is 19.4 Å². The van der Waals surface area contributed by atoms with E-state index in [1.165, 1.54) is 4.68 Å². The third-order valence-corrected chi connectivity index (χ3v) is 5.71. The summed E-state index contributed by atoms with van der Waals surface area (Å²) in [5.41, 5.74) is 1.24. The van der Waals surface area contributed by atoms with E-state index in [1.54, 1.807) is 50.0 Å². The molecule has 2 N–H and O–H groups in total. The van der Waals surface area contributed by atoms with Crippen LogP contribution in [0.15, 0.2) is 55.0 Å². The molecule has 2 aromatic heterocycles. The quantitative estimate of drug-likeness (QED) is 0.551. The highest BCUT2D eigenvalue weighted by molar-refractivity contribution is 6.30. The van der Waals surface area contributed by atoms with E-state index in [-0.39, 0.29) is 24.3 Å². The highest BCUT2D eigenvalue weighted by Gasteiger charge is 2.26. The minimum absolute atomic E-state index is 0.0361. The normalized spacial score (nSPS) is 14.1. The SMILES string of the molecule is COc1ccc(NC(=O)Cn2cc(NC(=O)C3CCN(c4ccc(Cl)cn4)CC3)cn2)cc1. The summed E-state index contributed by atoms with van der Waals surface area (Å²) in [7, 11) is 1.59. The van der Waals surface area contributed by atoms with Gasteiger partial charge < -0.3 is 20.3 Å². The topological polar surface area (TPSA) is 101 Å². The molecule has 33 heavy (non-hydrogen) atoms. The van der Waals surface area contributed by atoms with Gasteiger partial charge in [0.05, 0.1) is 24.0 Å². The standard InChI is InChI=1S/C23H25ClN6O3/c1-33-20-5-3-18(4-6-20)27-22(31)15-30-14-19(13-26-30)28-23(32)16-8-10-29(11-9-16)21-7-2-17(24)12-25-21/h2-7,12-14,16H,8-11,15H2,1H3,(H,27,31)(H,28,32). The van der Waals surface area contributed by atoms with Gasteiger partial charge >= 0.3 is 0 Å². The maximum atomic E-state index is 12.7. The van der Waals surface area contributed by atoms with Crippen molar-refractivity contribution in [3.63, 3.8) is 0 Å². The number of rotatable bonds is 7. The highest BCUT2D eigenvalue weighted by Crippen LogP contribution is 2.24. The molecule has 10 heteroatoms. The smallest absolute Gasteiger partial charge is 0.246 e. The molecule has 0 bridgehead atoms. The van der Waals surface area contributed by atoms with Crippen LogP contribution in [0.1, 0.15) is 12.8 Å². The molecule has 1 fully saturated rings. The predicted octanol–water partition coefficient (Wildman–Crippen LogP) is 3.43. The van der Waals surface area contributed by atoms with Gasteiger partial charge in [0.25, 0.3) is 0 Å². The second kappa shape index (κ2) is 10.4. The number of anilines is 3. The van der Waals surface area contributed by atoms with Gasteiger partial charge in [0, 0.05) is 37.1 Å². The Kier molecular flexibility index (Phi) is 7.09. The number of nitrogens with zero attached hydrogens (tertiary/aromatic N) is 4. The molecule has 1 aliphatic heterocycles. The Labute approximate surface area is 196 Å². The first-order valence-corrected chi connectivity index (χ1v) is 11.0. The van der Waals surface area contributed by atoms with E-state index >= 15 is 0 Å². The highest BCUT2D eigenvalue weighted by atomic mass is 35.5. The monoisotopic (exact) mass is 468 g/mol. The molecular weight excluding hydrogens is 444 g/mol. The summed E-state index contributed by atoms with van der Waals surface area (Å²) in [5, 5.41) is 10.5. The number of amides is 2. The third-order valence-electron chi connectivity index (χ3n) is 5.48. The van der Waals surface area contributed by atoms with Crippen LogP contribution in [0.25, 0.3) is 0 Å². The predicted molar refractivity (Wildman–Crippen MR) is 127 cm³/mol. The van der Waals surface area contributed by atoms with Crippen molar-refractivity contribution in [3.05, 3.63) is 60.0 Å². The van der Waals surface area contributed by atoms with Crippen LogP contribution in [0.3, 0.4) is 0 Å². The zero-order chi connectivity index (χ0) is 23.2. The number of carbonyl (C=O) groups is 2. The number of nitrogens with one attached hydrogen (secondary N) is 2. The Morgan fingerprint density at radius 1 is 1.06 bits per heavy atom. The fraction of sp³-hybridized carbons (Fsp3) is 0.304. The van der Waals surface area contributed by atoms with E-state index in [0.29, 0.717) is 22.1 Å². The third kappa shape index (κ3) is 6.01. The minimum Gasteiger partial charge on any atom is -0.497 e. The van der Waals surface area contributed by atoms with Crippen molar-refractivity contribution in [1.82, 2.24) is 14.8 Å². The molecule has 4 rings (SSSR count). The van der Waals surface area contributed by atoms with E-state index in [1.807, 2.05) is 12.1 Å². The molecule has 1 aromatic carbocycles. The molecule has 0 saturated carbocycles. The molecule has 172 valence electrons. The van der Waals surface area contributed by atoms with Crippen molar-refractivity contribution in [2.24, 2.45) is 5.92 Å². The van der Waals surface area contributed by atoms with Gasteiger partial charge in [0.1, 0.15) is 18.1 Å². The lowest BCUT2D eigenvalue weighted by Gasteiger charge is -2.32. The van der Waals surface area contributed by atoms with Crippen LogP contribution in [-0.4, -0.2) is 46.8 Å². The number of carbonyl (C=O) groups excluding carboxylic acids is 2. The Hall–Kier alpha value is -3.59. The molecule has 0 atom stereocenters. The zero-order valence-electron chi connectivity index (χ0n) is 18.2. The molecule has 1 aliphatic rings. The van der Waals surface area contributed by atoms with E-state index in [0.717, 1.165) is 31.7 Å². The van der Waals surface area contributed by atoms with Gasteiger partial charge in [-0.25, -0.2) is 4.98 Å². The fourth-order valence-electron chi connectivity index (χ4n) is 3.71. The van der Waals surface area contributed by atoms with Crippen molar-refractivity contribution >= 4 is 40.6 Å². The lowest BCUT2D eigenvalue weighted by atomic mass is 9.96. The van der Waals surface area contributed by atoms with Crippen LogP contribution in [0.4, 0.5) is 17.2 Å². The summed E-state index contributed by atoms with van der Waals surface area (Å²) >= 11 is 5.90. The van der Waals surface area contributed by atoms with E-state index in [9.17, 15) is 9.59 Å². The van der Waals surface area contributed by atoms with E-state index in [2.05, 4.69) is 25.6 Å². The number of ether oxygens (including phenoxy) is 1. The number of piperidine rings is 1. The van der Waals surface area contributed by atoms with Gasteiger partial charge in [0.2, 0.25) is 11.8 Å². The summed E-state index contributed by atoms with van der Waals surface area (Å²) in [5.74, 6) is 1.24. The van der Waals surface area contributed by atoms with Crippen LogP contribution in [0.2, 0.25) is 5.02 Å². The minimum atomic E-state index is -0.218. The fourth-order valence-corrected chi connectivity index (χ4v) is 3.82. The van der Waals surface area contributed by atoms with Crippen molar-refractivity contribution < 1.29 is 14.3 Å². The summed E-state index contributed by atoms with van der Waals surface area (Å²) in [6.07, 6.45) is 6.29. The Balaban J connectivity index is 1.24. The van der Waals surface area contributed by atoms with Gasteiger partial charge in [0.15, 0.2) is 0 Å². The number of hydrogen-bond donors (Lipinski definition) is 2. The van der Waals surface area contributed by atoms with Crippen LogP contribution in [0, 0.1) is 5.92 Å². The Morgan fingerprint density at radius 3 is 2.48 bits per heavy atom. The number of methoxy groups -OCH3 is 1. The average Bonchev–Trinajstić information content (AvgIpc) is 3.26. The first kappa shape index (κ1) is 22.6. The van der Waals surface area contributed by atoms with Gasteiger partial charge in [-0.1, -0.05) is 11.6 Å². The first-order valence-electron chi connectivity index (χ1n) is 10.6. The molecule has 2 amide bonds. The summed E-state index contributed by atoms with van der Waals surface area (Å²) < 4.78 is 6.60. The van der Waals surface area contributed by atoms with Crippen LogP contribution in [-0.2, 0) is 16.1 Å². The molecule has 1 saturated heterocycles. The average molecular weight is 469 g/mol. The number of aromatic nitrogens is 3. The van der Waals surface area contributed by atoms with Gasteiger partial charge in [-0.15, -0.1) is 0 Å². The molecule has 0 radical (unpaired) electrons. The van der Waals surface area contributed by atoms with E-state index < -0.39 is 0 Å². The second-order valence-corrected chi connectivity index (χ2v) is 8.22. The van der Waals surface area contributed by atoms with E-state index in [4.69, 9.17) is 16.3 Å². The van der Waals surface area contributed by atoms with Gasteiger partial charge in [-0.05, 0) is 49.2 Å². The maximum absolute atomic E-state index is 12.7. The molecule has 3 aromatic rings. The van der Waals surface area contributed by atoms with Crippen LogP contribution in [0.5, 0.6) is 5.75 Å². The van der Waals surface area contributed by atoms with Crippen LogP contribution < -0.4 is 20.3 Å². The van der Waals surface area contributed by atoms with Gasteiger partial charge in [-0.3, -0.25) is 14.3 Å². The maximum Gasteiger partial charge on any atom is 0.246 e. The Bertz CT molecular complexity index is 1090. The molecule has 0 unspecified atom stereocenters. The number of halogens is 1. The lowest BCUT2D eigenvalue weighted by Crippen LogP contribution is -2.38. The van der Waals surface area contributed by atoms with Gasteiger partial charge in [-0.2, -0.15) is 5.10 Å². The molecule has 3 heterocycles. The molecule has 0 aliphatic carbocycles. The number of benzene rings is 1. The summed E-state index contributed by atoms with van der Waals surface area (Å²) in [4.78, 5) is 31.5. The summed E-state index contributed by atoms with van der Waals surface area (Å²) in [6, 6.07) is 10.8. The molecule has 0 spiro atoms. The zero-order valence-corrected chi connectivity index (χ0v) is 19.0. The molecule has 9 nitrogen and oxygen atoms in total. The summed E-state index contributed by atoms with van der Waals surface area (Å²) in [6.45, 7) is 1.53. The molecular formula is C23H25ClN6O3. The Morgan fingerprint density at radius 2 is 1.82 bits per heavy atom. The van der Waals surface area contributed by atoms with Crippen molar-refractivity contribution in [3.8, 4) is 5.75 Å². The largest absolute Gasteiger partial charge is 0.497 e.